The number of benzene rings is 3. The molecular formula is C26H24INO4. The molecule has 0 amide bonds. The van der Waals surface area contributed by atoms with Crippen LogP contribution in [0.1, 0.15) is 47.4 Å². The predicted molar refractivity (Wildman–Crippen MR) is 135 cm³/mol. The van der Waals surface area contributed by atoms with E-state index >= 15 is 0 Å². The van der Waals surface area contributed by atoms with Crippen molar-refractivity contribution in [1.29, 1.82) is 0 Å². The number of aromatic nitrogens is 1. The molecule has 3 aromatic carbocycles. The molecule has 0 atom stereocenters. The van der Waals surface area contributed by atoms with Gasteiger partial charge in [0.15, 0.2) is 0 Å². The lowest BCUT2D eigenvalue weighted by atomic mass is 10.1. The van der Waals surface area contributed by atoms with Crippen molar-refractivity contribution in [2.45, 2.75) is 26.7 Å². The van der Waals surface area contributed by atoms with Gasteiger partial charge in [-0.2, -0.15) is 0 Å². The molecule has 0 N–H and O–H groups in total. The molecule has 5 nitrogen and oxygen atoms in total. The van der Waals surface area contributed by atoms with Crippen LogP contribution in [0, 0.1) is 3.57 Å². The summed E-state index contributed by atoms with van der Waals surface area (Å²) in [4.78, 5) is 25.0. The summed E-state index contributed by atoms with van der Waals surface area (Å²) in [6.45, 7) is 4.69. The molecule has 32 heavy (non-hydrogen) atoms. The zero-order valence-electron chi connectivity index (χ0n) is 18.1. The van der Waals surface area contributed by atoms with Gasteiger partial charge in [-0.1, -0.05) is 13.8 Å². The molecule has 0 fully saturated rings. The molecule has 4 aromatic rings. The van der Waals surface area contributed by atoms with Crippen molar-refractivity contribution in [2.75, 3.05) is 13.2 Å². The topological polar surface area (TPSA) is 57.5 Å². The van der Waals surface area contributed by atoms with Crippen LogP contribution in [0.2, 0.25) is 0 Å². The summed E-state index contributed by atoms with van der Waals surface area (Å²) in [6, 6.07) is 19.4. The van der Waals surface area contributed by atoms with E-state index in [2.05, 4.69) is 51.4 Å². The van der Waals surface area contributed by atoms with Crippen LogP contribution < -0.4 is 0 Å². The van der Waals surface area contributed by atoms with E-state index in [0.29, 0.717) is 24.3 Å². The van der Waals surface area contributed by atoms with Crippen molar-refractivity contribution in [3.8, 4) is 5.69 Å². The first-order valence-corrected chi connectivity index (χ1v) is 11.8. The molecule has 0 bridgehead atoms. The van der Waals surface area contributed by atoms with Crippen LogP contribution >= 0.6 is 22.6 Å². The summed E-state index contributed by atoms with van der Waals surface area (Å²) in [5.74, 6) is -0.690. The number of nitrogens with zero attached hydrogens (tertiary/aromatic N) is 1. The molecule has 0 aliphatic carbocycles. The maximum atomic E-state index is 12.5. The zero-order chi connectivity index (χ0) is 22.7. The fourth-order valence-electron chi connectivity index (χ4n) is 3.70. The van der Waals surface area contributed by atoms with Crippen LogP contribution in [0.15, 0.2) is 60.7 Å². The van der Waals surface area contributed by atoms with Gasteiger partial charge in [-0.15, -0.1) is 0 Å². The molecule has 0 unspecified atom stereocenters. The van der Waals surface area contributed by atoms with Crippen LogP contribution in [0.5, 0.6) is 0 Å². The average molecular weight is 541 g/mol. The quantitative estimate of drug-likeness (QED) is 0.198. The summed E-state index contributed by atoms with van der Waals surface area (Å²) >= 11 is 2.28. The number of rotatable bonds is 7. The van der Waals surface area contributed by atoms with E-state index < -0.39 is 0 Å². The first kappa shape index (κ1) is 22.3. The first-order chi connectivity index (χ1) is 15.5. The number of ether oxygens (including phenoxy) is 2. The molecule has 0 saturated heterocycles. The van der Waals surface area contributed by atoms with Crippen LogP contribution in [0.25, 0.3) is 27.5 Å². The van der Waals surface area contributed by atoms with Crippen LogP contribution in [-0.4, -0.2) is 29.7 Å². The normalized spacial score (nSPS) is 11.1. The largest absolute Gasteiger partial charge is 0.462 e. The third-order valence-corrected chi connectivity index (χ3v) is 5.92. The highest BCUT2D eigenvalue weighted by molar-refractivity contribution is 14.1. The summed E-state index contributed by atoms with van der Waals surface area (Å²) in [6.07, 6.45) is 1.53. The molecule has 1 aromatic heterocycles. The third-order valence-electron chi connectivity index (χ3n) is 5.20. The summed E-state index contributed by atoms with van der Waals surface area (Å²) in [5, 5.41) is 1.77. The SMILES string of the molecule is CCCOC(=O)c1ccc2c(c1)c1cc(C(=O)OCCC)ccc1n2-c1ccc(I)cc1. The van der Waals surface area contributed by atoms with Gasteiger partial charge < -0.3 is 14.0 Å². The van der Waals surface area contributed by atoms with Gasteiger partial charge in [0.2, 0.25) is 0 Å². The number of halogens is 1. The zero-order valence-corrected chi connectivity index (χ0v) is 20.2. The summed E-state index contributed by atoms with van der Waals surface area (Å²) in [5.41, 5.74) is 3.89. The smallest absolute Gasteiger partial charge is 0.338 e. The van der Waals surface area contributed by atoms with Gasteiger partial charge >= 0.3 is 11.9 Å². The highest BCUT2D eigenvalue weighted by atomic mass is 127. The van der Waals surface area contributed by atoms with E-state index in [1.54, 1.807) is 12.1 Å². The van der Waals surface area contributed by atoms with E-state index in [0.717, 1.165) is 43.9 Å². The fraction of sp³-hybridized carbons (Fsp3) is 0.231. The van der Waals surface area contributed by atoms with Crippen molar-refractivity contribution in [1.82, 2.24) is 4.57 Å². The van der Waals surface area contributed by atoms with Crippen molar-refractivity contribution in [3.63, 3.8) is 0 Å². The van der Waals surface area contributed by atoms with Crippen LogP contribution in [-0.2, 0) is 9.47 Å². The molecular weight excluding hydrogens is 517 g/mol. The van der Waals surface area contributed by atoms with E-state index in [-0.39, 0.29) is 11.9 Å². The molecule has 4 rings (SSSR count). The summed E-state index contributed by atoms with van der Waals surface area (Å²) in [7, 11) is 0. The Balaban J connectivity index is 1.92. The Morgan fingerprint density at radius 1 is 0.750 bits per heavy atom. The van der Waals surface area contributed by atoms with Crippen molar-refractivity contribution >= 4 is 56.3 Å². The van der Waals surface area contributed by atoms with Crippen molar-refractivity contribution in [2.24, 2.45) is 0 Å². The van der Waals surface area contributed by atoms with Crippen LogP contribution in [0.3, 0.4) is 0 Å². The van der Waals surface area contributed by atoms with Crippen LogP contribution in [0.4, 0.5) is 0 Å². The second-order valence-electron chi connectivity index (χ2n) is 7.55. The third kappa shape index (κ3) is 4.37. The Morgan fingerprint density at radius 3 is 1.66 bits per heavy atom. The Morgan fingerprint density at radius 2 is 1.22 bits per heavy atom. The number of hydrogen-bond acceptors (Lipinski definition) is 4. The van der Waals surface area contributed by atoms with Crippen molar-refractivity contribution in [3.05, 3.63) is 75.4 Å². The maximum absolute atomic E-state index is 12.5. The van der Waals surface area contributed by atoms with E-state index in [9.17, 15) is 9.59 Å². The lowest BCUT2D eigenvalue weighted by molar-refractivity contribution is 0.0496. The molecule has 6 heteroatoms. The minimum Gasteiger partial charge on any atom is -0.462 e. The number of hydrogen-bond donors (Lipinski definition) is 0. The van der Waals surface area contributed by atoms with Gasteiger partial charge in [-0.3, -0.25) is 0 Å². The monoisotopic (exact) mass is 541 g/mol. The van der Waals surface area contributed by atoms with Gasteiger partial charge in [0.05, 0.1) is 35.4 Å². The molecule has 0 aliphatic rings. The Hall–Kier alpha value is -2.87. The molecule has 0 radical (unpaired) electrons. The lowest BCUT2D eigenvalue weighted by Gasteiger charge is -2.09. The first-order valence-electron chi connectivity index (χ1n) is 10.7. The Labute approximate surface area is 200 Å². The van der Waals surface area contributed by atoms with Gasteiger partial charge in [-0.05, 0) is 96.1 Å². The number of fused-ring (bicyclic) bond motifs is 3. The number of esters is 2. The van der Waals surface area contributed by atoms with Gasteiger partial charge in [-0.25, -0.2) is 9.59 Å². The minimum atomic E-state index is -0.345. The molecule has 0 saturated carbocycles. The van der Waals surface area contributed by atoms with Gasteiger partial charge in [0.1, 0.15) is 0 Å². The molecule has 164 valence electrons. The lowest BCUT2D eigenvalue weighted by Crippen LogP contribution is -2.05. The van der Waals surface area contributed by atoms with Gasteiger partial charge in [0.25, 0.3) is 0 Å². The Bertz CT molecular complexity index is 1210. The maximum Gasteiger partial charge on any atom is 0.338 e. The second-order valence-corrected chi connectivity index (χ2v) is 8.79. The van der Waals surface area contributed by atoms with E-state index in [1.165, 1.54) is 0 Å². The average Bonchev–Trinajstić information content (AvgIpc) is 3.14. The van der Waals surface area contributed by atoms with E-state index in [4.69, 9.17) is 9.47 Å². The minimum absolute atomic E-state index is 0.345. The molecule has 0 aliphatic heterocycles. The highest BCUT2D eigenvalue weighted by Gasteiger charge is 2.17. The number of carbonyl (C=O) groups is 2. The summed E-state index contributed by atoms with van der Waals surface area (Å²) < 4.78 is 13.9. The van der Waals surface area contributed by atoms with Crippen molar-refractivity contribution < 1.29 is 19.1 Å². The molecule has 1 heterocycles. The van der Waals surface area contributed by atoms with E-state index in [1.807, 2.05) is 38.1 Å². The fourth-order valence-corrected chi connectivity index (χ4v) is 4.06. The van der Waals surface area contributed by atoms with Gasteiger partial charge in [0, 0.05) is 20.0 Å². The molecule has 0 spiro atoms. The number of carbonyl (C=O) groups excluding carboxylic acids is 2. The second kappa shape index (κ2) is 9.73. The standard InChI is InChI=1S/C26H24INO4/c1-3-13-31-25(29)17-5-11-23-21(15-17)22-16-18(26(30)32-14-4-2)6-12-24(22)28(23)20-9-7-19(27)8-10-20/h5-12,15-16H,3-4,13-14H2,1-2H3. The predicted octanol–water partition coefficient (Wildman–Crippen LogP) is 6.52. The Kier molecular flexibility index (Phi) is 6.79. The highest BCUT2D eigenvalue weighted by Crippen LogP contribution is 2.34.